The van der Waals surface area contributed by atoms with Crippen LogP contribution in [0.1, 0.15) is 15.9 Å². The maximum absolute atomic E-state index is 13.3. The molecule has 0 saturated heterocycles. The summed E-state index contributed by atoms with van der Waals surface area (Å²) in [6.45, 7) is 0.334. The Balaban J connectivity index is 1.93. The quantitative estimate of drug-likeness (QED) is 0.918. The molecule has 0 radical (unpaired) electrons. The van der Waals surface area contributed by atoms with Crippen molar-refractivity contribution in [2.75, 3.05) is 6.54 Å². The molecule has 2 rings (SSSR count). The fourth-order valence-electron chi connectivity index (χ4n) is 1.63. The Labute approximate surface area is 109 Å². The SMILES string of the molecule is O=C(NCCc1cccnc1)c1cc(F)ccc1F. The number of hydrogen-bond donors (Lipinski definition) is 1. The first kappa shape index (κ1) is 13.1. The topological polar surface area (TPSA) is 42.0 Å². The minimum atomic E-state index is -0.736. The largest absolute Gasteiger partial charge is 0.352 e. The number of nitrogens with zero attached hydrogens (tertiary/aromatic N) is 1. The molecule has 0 fully saturated rings. The number of hydrogen-bond acceptors (Lipinski definition) is 2. The molecule has 0 unspecified atom stereocenters. The van der Waals surface area contributed by atoms with Crippen LogP contribution in [0.25, 0.3) is 0 Å². The van der Waals surface area contributed by atoms with Gasteiger partial charge in [0.1, 0.15) is 11.6 Å². The lowest BCUT2D eigenvalue weighted by molar-refractivity contribution is 0.0949. The first-order chi connectivity index (χ1) is 9.16. The molecule has 1 aromatic carbocycles. The molecule has 98 valence electrons. The van der Waals surface area contributed by atoms with Crippen LogP contribution in [0.5, 0.6) is 0 Å². The number of aromatic nitrogens is 1. The third-order valence-corrected chi connectivity index (χ3v) is 2.60. The Morgan fingerprint density at radius 3 is 2.84 bits per heavy atom. The molecule has 3 nitrogen and oxygen atoms in total. The highest BCUT2D eigenvalue weighted by molar-refractivity contribution is 5.94. The summed E-state index contributed by atoms with van der Waals surface area (Å²) in [7, 11) is 0. The Kier molecular flexibility index (Phi) is 4.18. The van der Waals surface area contributed by atoms with Gasteiger partial charge in [0, 0.05) is 18.9 Å². The Bertz CT molecular complexity index is 573. The van der Waals surface area contributed by atoms with Crippen molar-refractivity contribution in [2.45, 2.75) is 6.42 Å². The third kappa shape index (κ3) is 3.58. The number of nitrogens with one attached hydrogen (secondary N) is 1. The van der Waals surface area contributed by atoms with Gasteiger partial charge >= 0.3 is 0 Å². The maximum atomic E-state index is 13.3. The molecule has 1 aromatic heterocycles. The molecule has 0 aliphatic heterocycles. The van der Waals surface area contributed by atoms with Crippen molar-refractivity contribution in [2.24, 2.45) is 0 Å². The van der Waals surface area contributed by atoms with E-state index in [1.165, 1.54) is 0 Å². The van der Waals surface area contributed by atoms with E-state index in [-0.39, 0.29) is 5.56 Å². The summed E-state index contributed by atoms with van der Waals surface area (Å²) in [4.78, 5) is 15.6. The molecule has 0 spiro atoms. The van der Waals surface area contributed by atoms with E-state index in [0.717, 1.165) is 23.8 Å². The summed E-state index contributed by atoms with van der Waals surface area (Å²) in [6, 6.07) is 6.47. The minimum Gasteiger partial charge on any atom is -0.352 e. The molecular formula is C14H12F2N2O. The predicted molar refractivity (Wildman–Crippen MR) is 66.6 cm³/mol. The lowest BCUT2D eigenvalue weighted by atomic mass is 10.1. The Morgan fingerprint density at radius 2 is 2.11 bits per heavy atom. The molecule has 1 amide bonds. The summed E-state index contributed by atoms with van der Waals surface area (Å²) in [6.07, 6.45) is 3.93. The molecule has 0 aliphatic carbocycles. The molecule has 1 N–H and O–H groups in total. The summed E-state index contributed by atoms with van der Waals surface area (Å²) in [5.74, 6) is -2.00. The van der Waals surface area contributed by atoms with Crippen LogP contribution in [0.15, 0.2) is 42.7 Å². The first-order valence-corrected chi connectivity index (χ1v) is 5.79. The van der Waals surface area contributed by atoms with Crippen molar-refractivity contribution in [3.8, 4) is 0 Å². The zero-order valence-corrected chi connectivity index (χ0v) is 10.1. The maximum Gasteiger partial charge on any atom is 0.254 e. The van der Waals surface area contributed by atoms with E-state index in [4.69, 9.17) is 0 Å². The predicted octanol–water partition coefficient (Wildman–Crippen LogP) is 2.33. The van der Waals surface area contributed by atoms with Gasteiger partial charge in [-0.05, 0) is 36.2 Å². The molecule has 0 atom stereocenters. The van der Waals surface area contributed by atoms with Crippen molar-refractivity contribution < 1.29 is 13.6 Å². The fourth-order valence-corrected chi connectivity index (χ4v) is 1.63. The normalized spacial score (nSPS) is 10.2. The second-order valence-corrected chi connectivity index (χ2v) is 3.99. The van der Waals surface area contributed by atoms with Crippen LogP contribution in [0, 0.1) is 11.6 Å². The molecule has 19 heavy (non-hydrogen) atoms. The zero-order chi connectivity index (χ0) is 13.7. The number of benzene rings is 1. The van der Waals surface area contributed by atoms with Gasteiger partial charge in [0.15, 0.2) is 0 Å². The smallest absolute Gasteiger partial charge is 0.254 e. The molecular weight excluding hydrogens is 250 g/mol. The molecule has 0 saturated carbocycles. The second kappa shape index (κ2) is 6.04. The van der Waals surface area contributed by atoms with Gasteiger partial charge < -0.3 is 5.32 Å². The summed E-state index contributed by atoms with van der Waals surface area (Å²) in [5.41, 5.74) is 0.675. The van der Waals surface area contributed by atoms with Crippen LogP contribution in [0.2, 0.25) is 0 Å². The van der Waals surface area contributed by atoms with Crippen molar-refractivity contribution in [1.82, 2.24) is 10.3 Å². The molecule has 2 aromatic rings. The lowest BCUT2D eigenvalue weighted by Gasteiger charge is -2.06. The highest BCUT2D eigenvalue weighted by Gasteiger charge is 2.12. The standard InChI is InChI=1S/C14H12F2N2O/c15-11-3-4-13(16)12(8-11)14(19)18-7-5-10-2-1-6-17-9-10/h1-4,6,8-9H,5,7H2,(H,18,19). The number of pyridine rings is 1. The average molecular weight is 262 g/mol. The van der Waals surface area contributed by atoms with Crippen LogP contribution in [0.4, 0.5) is 8.78 Å². The summed E-state index contributed by atoms with van der Waals surface area (Å²) in [5, 5.41) is 2.54. The zero-order valence-electron chi connectivity index (χ0n) is 10.1. The molecule has 0 aliphatic rings. The van der Waals surface area contributed by atoms with Crippen LogP contribution < -0.4 is 5.32 Å². The number of halogens is 2. The van der Waals surface area contributed by atoms with Gasteiger partial charge in [-0.2, -0.15) is 0 Å². The van der Waals surface area contributed by atoms with Gasteiger partial charge in [-0.1, -0.05) is 6.07 Å². The first-order valence-electron chi connectivity index (χ1n) is 5.79. The van der Waals surface area contributed by atoms with E-state index in [9.17, 15) is 13.6 Å². The van der Waals surface area contributed by atoms with Gasteiger partial charge in [0.25, 0.3) is 5.91 Å². The van der Waals surface area contributed by atoms with Gasteiger partial charge in [-0.3, -0.25) is 9.78 Å². The molecule has 5 heteroatoms. The Morgan fingerprint density at radius 1 is 1.26 bits per heavy atom. The van der Waals surface area contributed by atoms with Crippen molar-refractivity contribution in [3.05, 3.63) is 65.5 Å². The van der Waals surface area contributed by atoms with E-state index in [1.54, 1.807) is 18.5 Å². The van der Waals surface area contributed by atoms with Crippen molar-refractivity contribution in [1.29, 1.82) is 0 Å². The number of rotatable bonds is 4. The number of carbonyl (C=O) groups is 1. The van der Waals surface area contributed by atoms with Crippen LogP contribution in [-0.2, 0) is 6.42 Å². The van der Waals surface area contributed by atoms with E-state index in [1.807, 2.05) is 6.07 Å². The summed E-state index contributed by atoms with van der Waals surface area (Å²) >= 11 is 0. The monoisotopic (exact) mass is 262 g/mol. The van der Waals surface area contributed by atoms with Gasteiger partial charge in [-0.25, -0.2) is 8.78 Å². The highest BCUT2D eigenvalue weighted by atomic mass is 19.1. The van der Waals surface area contributed by atoms with E-state index >= 15 is 0 Å². The number of amides is 1. The van der Waals surface area contributed by atoms with Crippen LogP contribution in [0.3, 0.4) is 0 Å². The highest BCUT2D eigenvalue weighted by Crippen LogP contribution is 2.09. The van der Waals surface area contributed by atoms with Gasteiger partial charge in [0.2, 0.25) is 0 Å². The van der Waals surface area contributed by atoms with E-state index < -0.39 is 17.5 Å². The van der Waals surface area contributed by atoms with Crippen LogP contribution >= 0.6 is 0 Å². The summed E-state index contributed by atoms with van der Waals surface area (Å²) < 4.78 is 26.3. The lowest BCUT2D eigenvalue weighted by Crippen LogP contribution is -2.26. The van der Waals surface area contributed by atoms with E-state index in [2.05, 4.69) is 10.3 Å². The average Bonchev–Trinajstić information content (AvgIpc) is 2.42. The third-order valence-electron chi connectivity index (χ3n) is 2.60. The minimum absolute atomic E-state index is 0.286. The van der Waals surface area contributed by atoms with Crippen molar-refractivity contribution in [3.63, 3.8) is 0 Å². The Hall–Kier alpha value is -2.30. The van der Waals surface area contributed by atoms with Crippen molar-refractivity contribution >= 4 is 5.91 Å². The number of carbonyl (C=O) groups excluding carboxylic acids is 1. The van der Waals surface area contributed by atoms with Crippen LogP contribution in [-0.4, -0.2) is 17.4 Å². The fraction of sp³-hybridized carbons (Fsp3) is 0.143. The molecule has 0 bridgehead atoms. The van der Waals surface area contributed by atoms with Gasteiger partial charge in [-0.15, -0.1) is 0 Å². The van der Waals surface area contributed by atoms with Gasteiger partial charge in [0.05, 0.1) is 5.56 Å². The van der Waals surface area contributed by atoms with E-state index in [0.29, 0.717) is 13.0 Å². The molecule has 1 heterocycles. The second-order valence-electron chi connectivity index (χ2n) is 3.99.